The molecule has 0 aliphatic carbocycles. The lowest BCUT2D eigenvalue weighted by Gasteiger charge is -2.41. The van der Waals surface area contributed by atoms with Crippen molar-refractivity contribution in [1.82, 2.24) is 44.5 Å². The second kappa shape index (κ2) is 39.5. The topological polar surface area (TPSA) is 264 Å². The zero-order chi connectivity index (χ0) is 72.1. The van der Waals surface area contributed by atoms with Crippen LogP contribution in [0.1, 0.15) is 169 Å². The fourth-order valence-electron chi connectivity index (χ4n) is 13.0. The number of ether oxygens (including phenoxy) is 2. The number of allylic oxidation sites excluding steroid dienone is 2. The van der Waals surface area contributed by atoms with Gasteiger partial charge in [0.2, 0.25) is 47.3 Å². The van der Waals surface area contributed by atoms with Gasteiger partial charge >= 0.3 is 0 Å². The van der Waals surface area contributed by atoms with Crippen molar-refractivity contribution in [3.8, 4) is 0 Å². The van der Waals surface area contributed by atoms with Crippen LogP contribution in [0.25, 0.3) is 0 Å². The summed E-state index contributed by atoms with van der Waals surface area (Å²) < 4.78 is 11.7. The van der Waals surface area contributed by atoms with Gasteiger partial charge < -0.3 is 54.2 Å². The predicted molar refractivity (Wildman–Crippen MR) is 364 cm³/mol. The van der Waals surface area contributed by atoms with Crippen molar-refractivity contribution in [3.63, 3.8) is 0 Å². The maximum Gasteiger partial charge on any atom is 0.246 e. The molecule has 2 aliphatic heterocycles. The second-order valence-corrected chi connectivity index (χ2v) is 29.2. The van der Waals surface area contributed by atoms with Gasteiger partial charge in [0.1, 0.15) is 42.0 Å². The molecular formula is C71H125N9O14. The van der Waals surface area contributed by atoms with Gasteiger partial charge in [0.15, 0.2) is 11.6 Å². The third-order valence-corrected chi connectivity index (χ3v) is 19.3. The lowest BCUT2D eigenvalue weighted by Crippen LogP contribution is -2.63. The highest BCUT2D eigenvalue weighted by Gasteiger charge is 2.46. The summed E-state index contributed by atoms with van der Waals surface area (Å²) in [6.07, 6.45) is 2.18. The van der Waals surface area contributed by atoms with E-state index in [-0.39, 0.29) is 80.9 Å². The molecular weight excluding hydrogens is 1200 g/mol. The molecule has 2 rings (SSSR count). The number of hydrogen-bond donors (Lipinski definition) is 2. The number of nitrogens with zero attached hydrogens (tertiary/aromatic N) is 8. The predicted octanol–water partition coefficient (Wildman–Crippen LogP) is 5.87. The number of carbonyl (C=O) groups excluding carboxylic acids is 11. The van der Waals surface area contributed by atoms with Crippen LogP contribution in [0.4, 0.5) is 0 Å². The Hall–Kier alpha value is -5.65. The van der Waals surface area contributed by atoms with Crippen LogP contribution in [0.2, 0.25) is 0 Å². The van der Waals surface area contributed by atoms with Gasteiger partial charge in [-0.05, 0) is 81.5 Å². The normalized spacial score (nSPS) is 28.0. The minimum Gasteiger partial charge on any atom is -0.390 e. The molecule has 0 aromatic rings. The van der Waals surface area contributed by atoms with Gasteiger partial charge in [-0.15, -0.1) is 0 Å². The zero-order valence-corrected chi connectivity index (χ0v) is 62.1. The van der Waals surface area contributed by atoms with Gasteiger partial charge in [-0.3, -0.25) is 57.6 Å². The van der Waals surface area contributed by atoms with E-state index in [9.17, 15) is 29.1 Å². The molecule has 2 saturated heterocycles. The molecule has 0 aromatic carbocycles. The summed E-state index contributed by atoms with van der Waals surface area (Å²) in [7, 11) is 10.2. The van der Waals surface area contributed by atoms with Crippen LogP contribution in [0.5, 0.6) is 0 Å². The molecule has 23 nitrogen and oxygen atoms in total. The molecule has 0 saturated carbocycles. The Morgan fingerprint density at radius 3 is 1.51 bits per heavy atom. The van der Waals surface area contributed by atoms with Crippen LogP contribution in [0.3, 0.4) is 0 Å². The molecule has 0 unspecified atom stereocenters. The van der Waals surface area contributed by atoms with Gasteiger partial charge in [0.25, 0.3) is 0 Å². The van der Waals surface area contributed by atoms with Crippen molar-refractivity contribution < 1.29 is 67.3 Å². The van der Waals surface area contributed by atoms with Gasteiger partial charge in [0.05, 0.1) is 44.6 Å². The number of Topliss-reactive ketones (excluding diaryl/α,β-unsaturated/α-hetero) is 3. The molecule has 8 amide bonds. The molecule has 0 radical (unpaired) electrons. The first-order valence-corrected chi connectivity index (χ1v) is 34.6. The van der Waals surface area contributed by atoms with Crippen molar-refractivity contribution >= 4 is 64.6 Å². The lowest BCUT2D eigenvalue weighted by atomic mass is 9.83. The van der Waals surface area contributed by atoms with E-state index in [0.717, 1.165) is 18.0 Å². The van der Waals surface area contributed by atoms with Crippen molar-refractivity contribution in [2.45, 2.75) is 224 Å². The van der Waals surface area contributed by atoms with E-state index >= 15 is 28.8 Å². The van der Waals surface area contributed by atoms with Crippen LogP contribution < -0.4 is 5.32 Å². The summed E-state index contributed by atoms with van der Waals surface area (Å²) in [5, 5.41) is 15.0. The smallest absolute Gasteiger partial charge is 0.246 e. The molecule has 0 spiro atoms. The lowest BCUT2D eigenvalue weighted by molar-refractivity contribution is -0.157. The molecule has 0 bridgehead atoms. The summed E-state index contributed by atoms with van der Waals surface area (Å²) >= 11 is 0. The SMILES string of the molecule is C/C=C/C[C@@H](C)[C@@H](O)[C@H]1C(=O)N[C@@H](CC)C(=O)N(C)[C@H](C)C(=O)N(C)[C@@H]([C@H](C)COCCN2CCOCC2)C(=O)C[C@@H](C(C)C)C(=O)N(C)[C@@H](CC(C)C)C(=O)C[C@@H](C)C(=O)C[C@H](C)C(=O)N(C)[C@@H](CC(C)C)C(=O)N(C)[C@@H](CC(C)C)C(=O)N(C)[C@@H](C(C)C)C(=O)N1C. The minimum absolute atomic E-state index is 0.0103. The average Bonchev–Trinajstić information content (AvgIpc) is 0.969. The first-order valence-electron chi connectivity index (χ1n) is 34.6. The summed E-state index contributed by atoms with van der Waals surface area (Å²) in [5.74, 6) is -11.6. The number of hydrogen-bond acceptors (Lipinski definition) is 15. The van der Waals surface area contributed by atoms with Crippen LogP contribution in [0.15, 0.2) is 12.2 Å². The van der Waals surface area contributed by atoms with E-state index in [1.807, 2.05) is 68.4 Å². The van der Waals surface area contributed by atoms with Crippen molar-refractivity contribution in [2.24, 2.45) is 59.2 Å². The molecule has 2 heterocycles. The number of likely N-dealkylation sites (N-methyl/N-ethyl adjacent to an activating group) is 7. The Morgan fingerprint density at radius 1 is 0.532 bits per heavy atom. The minimum atomic E-state index is -1.62. The van der Waals surface area contributed by atoms with Crippen molar-refractivity contribution in [3.05, 3.63) is 12.2 Å². The summed E-state index contributed by atoms with van der Waals surface area (Å²) in [6.45, 7) is 33.8. The number of morpholine rings is 1. The Bertz CT molecular complexity index is 2550. The molecule has 0 aromatic heterocycles. The van der Waals surface area contributed by atoms with Gasteiger partial charge in [-0.1, -0.05) is 116 Å². The molecule has 2 N–H and O–H groups in total. The third kappa shape index (κ3) is 23.6. The van der Waals surface area contributed by atoms with Crippen LogP contribution >= 0.6 is 0 Å². The monoisotopic (exact) mass is 1330 g/mol. The van der Waals surface area contributed by atoms with E-state index in [1.165, 1.54) is 85.7 Å². The molecule has 2 fully saturated rings. The maximum absolute atomic E-state index is 15.3. The number of ketones is 3. The number of carbonyl (C=O) groups is 11. The quantitative estimate of drug-likeness (QED) is 0.113. The standard InChI is InChI=1S/C71H125N9O14/c1-25-27-28-47(13)63(84)62-64(85)72-53(26-2)68(89)73(18)51(17)66(87)78(23)61(50(16)41-94-34-31-80-29-32-93-33-30-80)59(83)40-52(45(9)10)67(88)74(19)54(35-42(3)4)58(82)38-48(14)57(81)39-49(15)65(86)75(20)55(36-43(5)6)69(90)76(21)56(37-44(7)8)70(91)77(22)60(46(11)12)71(92)79(62)24/h25,27,42-56,60-63,84H,26,28-41H2,1-24H3,(H,72,85)/b27-25+/t47-,48-,49+,50-,51-,52+,53+,54+,55+,56+,60+,61+,62+,63-/m1/s1. The van der Waals surface area contributed by atoms with E-state index in [4.69, 9.17) is 9.47 Å². The van der Waals surface area contributed by atoms with E-state index in [1.54, 1.807) is 54.5 Å². The third-order valence-electron chi connectivity index (χ3n) is 19.3. The first-order chi connectivity index (χ1) is 43.7. The number of amides is 8. The molecule has 23 heteroatoms. The summed E-state index contributed by atoms with van der Waals surface area (Å²) in [6, 6.07) is -9.81. The van der Waals surface area contributed by atoms with Gasteiger partial charge in [-0.2, -0.15) is 0 Å². The Morgan fingerprint density at radius 2 is 1.01 bits per heavy atom. The highest BCUT2D eigenvalue weighted by molar-refractivity contribution is 6.00. The van der Waals surface area contributed by atoms with Crippen molar-refractivity contribution in [2.75, 3.05) is 95.4 Å². The highest BCUT2D eigenvalue weighted by Crippen LogP contribution is 2.30. The van der Waals surface area contributed by atoms with Crippen LogP contribution in [0, 0.1) is 59.2 Å². The molecule has 14 atom stereocenters. The van der Waals surface area contributed by atoms with Gasteiger partial charge in [-0.25, -0.2) is 0 Å². The summed E-state index contributed by atoms with van der Waals surface area (Å²) in [4.78, 5) is 175. The fraction of sp³-hybridized carbons (Fsp3) is 0.817. The summed E-state index contributed by atoms with van der Waals surface area (Å²) in [5.41, 5.74) is 0. The molecule has 2 aliphatic rings. The second-order valence-electron chi connectivity index (χ2n) is 29.2. The van der Waals surface area contributed by atoms with E-state index < -0.39 is 149 Å². The van der Waals surface area contributed by atoms with E-state index in [0.29, 0.717) is 32.8 Å². The molecule has 94 heavy (non-hydrogen) atoms. The largest absolute Gasteiger partial charge is 0.390 e. The maximum atomic E-state index is 15.3. The van der Waals surface area contributed by atoms with E-state index in [2.05, 4.69) is 10.2 Å². The number of nitrogens with one attached hydrogen (secondary N) is 1. The zero-order valence-electron chi connectivity index (χ0n) is 62.1. The number of aliphatic hydroxyl groups is 1. The average molecular weight is 1330 g/mol. The Kier molecular flexibility index (Phi) is 35.5. The first kappa shape index (κ1) is 84.4. The van der Waals surface area contributed by atoms with Gasteiger partial charge in [0, 0.05) is 112 Å². The number of aliphatic hydroxyl groups excluding tert-OH is 1. The van der Waals surface area contributed by atoms with Crippen molar-refractivity contribution in [1.29, 1.82) is 0 Å². The number of rotatable bonds is 19. The molecule has 538 valence electrons. The Labute approximate surface area is 564 Å². The van der Waals surface area contributed by atoms with Crippen LogP contribution in [-0.2, 0) is 62.2 Å². The van der Waals surface area contributed by atoms with Crippen LogP contribution in [-0.4, -0.2) is 259 Å². The fourth-order valence-corrected chi connectivity index (χ4v) is 13.0. The Balaban J connectivity index is 3.02. The highest BCUT2D eigenvalue weighted by atomic mass is 16.5.